The van der Waals surface area contributed by atoms with E-state index in [2.05, 4.69) is 26.8 Å². The normalized spacial score (nSPS) is 10.8. The Kier molecular flexibility index (Phi) is 3.46. The molecule has 20 heavy (non-hydrogen) atoms. The van der Waals surface area contributed by atoms with Gasteiger partial charge in [-0.2, -0.15) is 0 Å². The average Bonchev–Trinajstić information content (AvgIpc) is 2.94. The summed E-state index contributed by atoms with van der Waals surface area (Å²) in [5.41, 5.74) is 0.716. The molecule has 1 radical (unpaired) electrons. The summed E-state index contributed by atoms with van der Waals surface area (Å²) in [6.07, 6.45) is 2.62. The van der Waals surface area contributed by atoms with E-state index in [1.165, 1.54) is 4.79 Å². The van der Waals surface area contributed by atoms with Crippen molar-refractivity contribution in [2.45, 2.75) is 0 Å². The number of rotatable bonds is 4. The number of para-hydroxylation sites is 1. The third kappa shape index (κ3) is 2.86. The molecule has 0 aliphatic carbocycles. The summed E-state index contributed by atoms with van der Waals surface area (Å²) < 4.78 is 5.57. The minimum absolute atomic E-state index is 0.274. The van der Waals surface area contributed by atoms with E-state index >= 15 is 0 Å². The van der Waals surface area contributed by atoms with Gasteiger partial charge in [0.1, 0.15) is 5.75 Å². The van der Waals surface area contributed by atoms with Crippen LogP contribution in [-0.2, 0) is 0 Å². The molecule has 0 aliphatic heterocycles. The van der Waals surface area contributed by atoms with Crippen LogP contribution in [0.2, 0.25) is 0 Å². The van der Waals surface area contributed by atoms with E-state index < -0.39 is 0 Å². The molecule has 0 N–H and O–H groups in total. The van der Waals surface area contributed by atoms with Crippen LogP contribution in [0.4, 0.5) is 5.69 Å². The minimum atomic E-state index is 0.274. The molecule has 0 atom stereocenters. The van der Waals surface area contributed by atoms with Crippen LogP contribution in [0.25, 0.3) is 0 Å². The van der Waals surface area contributed by atoms with Gasteiger partial charge in [0.15, 0.2) is 6.20 Å². The lowest BCUT2D eigenvalue weighted by Crippen LogP contribution is -1.94. The van der Waals surface area contributed by atoms with E-state index in [1.807, 2.05) is 60.7 Å². The Morgan fingerprint density at radius 2 is 1.65 bits per heavy atom. The maximum absolute atomic E-state index is 5.57. The lowest BCUT2D eigenvalue weighted by molar-refractivity contribution is 0.420. The molecule has 0 amide bonds. The number of hydrogen-bond acceptors (Lipinski definition) is 5. The molecule has 3 rings (SSSR count). The van der Waals surface area contributed by atoms with Crippen molar-refractivity contribution in [1.29, 1.82) is 0 Å². The highest BCUT2D eigenvalue weighted by Crippen LogP contribution is 2.19. The Bertz CT molecular complexity index is 694. The standard InChI is InChI=1S/C14H10N5O/c1-3-7-12(8-4-1)16-18-19-14(11-15-17-19)20-13-9-5-2-6-10-13/h1-10H/b18-16+. The Morgan fingerprint density at radius 3 is 2.40 bits per heavy atom. The van der Waals surface area contributed by atoms with Crippen LogP contribution in [0.3, 0.4) is 0 Å². The van der Waals surface area contributed by atoms with Gasteiger partial charge in [0, 0.05) is 0 Å². The minimum Gasteiger partial charge on any atom is -0.436 e. The topological polar surface area (TPSA) is 64.7 Å². The Hall–Kier alpha value is -3.02. The predicted octanol–water partition coefficient (Wildman–Crippen LogP) is 3.42. The maximum Gasteiger partial charge on any atom is 0.272 e. The molecule has 6 nitrogen and oxygen atoms in total. The fourth-order valence-electron chi connectivity index (χ4n) is 1.50. The number of benzene rings is 2. The van der Waals surface area contributed by atoms with Gasteiger partial charge in [-0.05, 0) is 34.7 Å². The van der Waals surface area contributed by atoms with Crippen molar-refractivity contribution in [3.63, 3.8) is 0 Å². The predicted molar refractivity (Wildman–Crippen MR) is 71.7 cm³/mol. The lowest BCUT2D eigenvalue weighted by atomic mass is 10.3. The first-order valence-corrected chi connectivity index (χ1v) is 5.95. The molecule has 0 fully saturated rings. The molecule has 6 heteroatoms. The molecule has 2 aromatic carbocycles. The van der Waals surface area contributed by atoms with Gasteiger partial charge in [0.2, 0.25) is 0 Å². The second-order valence-electron chi connectivity index (χ2n) is 3.84. The zero-order chi connectivity index (χ0) is 13.6. The highest BCUT2D eigenvalue weighted by molar-refractivity contribution is 5.34. The van der Waals surface area contributed by atoms with Crippen LogP contribution in [0.5, 0.6) is 11.6 Å². The smallest absolute Gasteiger partial charge is 0.272 e. The van der Waals surface area contributed by atoms with Gasteiger partial charge in [-0.25, -0.2) is 0 Å². The highest BCUT2D eigenvalue weighted by Gasteiger charge is 2.06. The molecular weight excluding hydrogens is 254 g/mol. The Labute approximate surface area is 115 Å². The number of aromatic nitrogens is 3. The van der Waals surface area contributed by atoms with Crippen LogP contribution >= 0.6 is 0 Å². The first-order valence-electron chi connectivity index (χ1n) is 5.95. The zero-order valence-corrected chi connectivity index (χ0v) is 10.4. The largest absolute Gasteiger partial charge is 0.436 e. The zero-order valence-electron chi connectivity index (χ0n) is 10.4. The second kappa shape index (κ2) is 5.75. The van der Waals surface area contributed by atoms with Crippen molar-refractivity contribution in [1.82, 2.24) is 15.1 Å². The average molecular weight is 264 g/mol. The van der Waals surface area contributed by atoms with Crippen LogP contribution < -0.4 is 4.74 Å². The first kappa shape index (κ1) is 12.0. The van der Waals surface area contributed by atoms with Crippen molar-refractivity contribution in [2.24, 2.45) is 10.3 Å². The third-order valence-electron chi connectivity index (χ3n) is 2.42. The van der Waals surface area contributed by atoms with E-state index in [9.17, 15) is 0 Å². The maximum atomic E-state index is 5.57. The number of ether oxygens (including phenoxy) is 1. The molecule has 0 saturated carbocycles. The van der Waals surface area contributed by atoms with Crippen LogP contribution in [-0.4, -0.2) is 15.1 Å². The molecule has 97 valence electrons. The first-order chi connectivity index (χ1) is 9.92. The molecular formula is C14H10N5O. The quantitative estimate of drug-likeness (QED) is 0.678. The molecule has 0 unspecified atom stereocenters. The van der Waals surface area contributed by atoms with Gasteiger partial charge in [0.25, 0.3) is 5.88 Å². The van der Waals surface area contributed by atoms with Crippen LogP contribution in [0.1, 0.15) is 0 Å². The van der Waals surface area contributed by atoms with E-state index in [-0.39, 0.29) is 5.88 Å². The van der Waals surface area contributed by atoms with Gasteiger partial charge in [0.05, 0.1) is 5.69 Å². The van der Waals surface area contributed by atoms with E-state index in [0.29, 0.717) is 11.4 Å². The van der Waals surface area contributed by atoms with Gasteiger partial charge >= 0.3 is 0 Å². The van der Waals surface area contributed by atoms with Crippen molar-refractivity contribution in [3.8, 4) is 11.6 Å². The van der Waals surface area contributed by atoms with Crippen LogP contribution in [0.15, 0.2) is 71.0 Å². The highest BCUT2D eigenvalue weighted by atomic mass is 16.5. The summed E-state index contributed by atoms with van der Waals surface area (Å²) in [5, 5.41) is 15.4. The van der Waals surface area contributed by atoms with E-state index in [1.54, 1.807) is 0 Å². The monoisotopic (exact) mass is 264 g/mol. The number of nitrogens with zero attached hydrogens (tertiary/aromatic N) is 5. The fraction of sp³-hybridized carbons (Fsp3) is 0. The van der Waals surface area contributed by atoms with Gasteiger partial charge < -0.3 is 4.74 Å². The summed E-state index contributed by atoms with van der Waals surface area (Å²) in [4.78, 5) is 1.18. The summed E-state index contributed by atoms with van der Waals surface area (Å²) >= 11 is 0. The second-order valence-corrected chi connectivity index (χ2v) is 3.84. The molecule has 1 aromatic heterocycles. The van der Waals surface area contributed by atoms with Gasteiger partial charge in [-0.1, -0.05) is 41.2 Å². The van der Waals surface area contributed by atoms with Crippen molar-refractivity contribution in [3.05, 3.63) is 66.9 Å². The molecule has 0 spiro atoms. The lowest BCUT2D eigenvalue weighted by Gasteiger charge is -2.02. The third-order valence-corrected chi connectivity index (χ3v) is 2.42. The Balaban J connectivity index is 1.79. The van der Waals surface area contributed by atoms with Crippen molar-refractivity contribution in [2.75, 3.05) is 0 Å². The summed E-state index contributed by atoms with van der Waals surface area (Å²) in [7, 11) is 0. The summed E-state index contributed by atoms with van der Waals surface area (Å²) in [6.45, 7) is 0. The summed E-state index contributed by atoms with van der Waals surface area (Å²) in [5.74, 6) is 0.929. The van der Waals surface area contributed by atoms with Gasteiger partial charge in [-0.3, -0.25) is 0 Å². The van der Waals surface area contributed by atoms with Gasteiger partial charge in [-0.15, -0.1) is 10.2 Å². The Morgan fingerprint density at radius 1 is 0.950 bits per heavy atom. The summed E-state index contributed by atoms with van der Waals surface area (Å²) in [6, 6.07) is 18.6. The molecule has 0 bridgehead atoms. The van der Waals surface area contributed by atoms with Crippen LogP contribution in [0, 0.1) is 6.20 Å². The van der Waals surface area contributed by atoms with E-state index in [4.69, 9.17) is 4.74 Å². The van der Waals surface area contributed by atoms with Crippen molar-refractivity contribution >= 4 is 5.69 Å². The molecule has 0 saturated heterocycles. The SMILES string of the molecule is [c]1nnn(/N=N/c2ccccc2)c1Oc1ccccc1. The fourth-order valence-corrected chi connectivity index (χ4v) is 1.50. The number of hydrogen-bond donors (Lipinski definition) is 0. The molecule has 3 aromatic rings. The van der Waals surface area contributed by atoms with E-state index in [0.717, 1.165) is 0 Å². The van der Waals surface area contributed by atoms with Crippen molar-refractivity contribution < 1.29 is 4.74 Å². The molecule has 1 heterocycles. The molecule has 0 aliphatic rings.